The SMILES string of the molecule is Cc1cc(C(=O)NCc2cn(CC(=O)O)nn2)cc(C)c1F. The van der Waals surface area contributed by atoms with E-state index < -0.39 is 5.97 Å². The Hall–Kier alpha value is -2.77. The first kappa shape index (κ1) is 15.6. The van der Waals surface area contributed by atoms with Gasteiger partial charge in [-0.05, 0) is 37.1 Å². The minimum atomic E-state index is -1.03. The average Bonchev–Trinajstić information content (AvgIpc) is 2.88. The summed E-state index contributed by atoms with van der Waals surface area (Å²) in [6.45, 7) is 3.00. The lowest BCUT2D eigenvalue weighted by molar-refractivity contribution is -0.137. The summed E-state index contributed by atoms with van der Waals surface area (Å²) >= 11 is 0. The van der Waals surface area contributed by atoms with Gasteiger partial charge >= 0.3 is 5.97 Å². The number of carboxylic acid groups (broad SMARTS) is 1. The maximum atomic E-state index is 13.5. The minimum Gasteiger partial charge on any atom is -0.480 e. The van der Waals surface area contributed by atoms with Crippen LogP contribution in [0.15, 0.2) is 18.3 Å². The average molecular weight is 306 g/mol. The van der Waals surface area contributed by atoms with Crippen LogP contribution in [0.5, 0.6) is 0 Å². The van der Waals surface area contributed by atoms with Gasteiger partial charge in [0.25, 0.3) is 5.91 Å². The Morgan fingerprint density at radius 2 is 1.95 bits per heavy atom. The van der Waals surface area contributed by atoms with E-state index in [1.165, 1.54) is 18.3 Å². The summed E-state index contributed by atoms with van der Waals surface area (Å²) in [5.74, 6) is -1.72. The molecule has 0 spiro atoms. The van der Waals surface area contributed by atoms with Crippen LogP contribution in [0, 0.1) is 19.7 Å². The Balaban J connectivity index is 2.01. The Morgan fingerprint density at radius 1 is 1.32 bits per heavy atom. The predicted molar refractivity (Wildman–Crippen MR) is 74.7 cm³/mol. The number of aromatic nitrogens is 3. The monoisotopic (exact) mass is 306 g/mol. The molecule has 116 valence electrons. The third-order valence-corrected chi connectivity index (χ3v) is 3.01. The highest BCUT2D eigenvalue weighted by Crippen LogP contribution is 2.14. The third kappa shape index (κ3) is 3.66. The van der Waals surface area contributed by atoms with Crippen molar-refractivity contribution >= 4 is 11.9 Å². The van der Waals surface area contributed by atoms with E-state index in [1.54, 1.807) is 13.8 Å². The molecule has 0 atom stereocenters. The van der Waals surface area contributed by atoms with Crippen LogP contribution in [-0.2, 0) is 17.9 Å². The van der Waals surface area contributed by atoms with Crippen LogP contribution in [0.25, 0.3) is 0 Å². The van der Waals surface area contributed by atoms with E-state index in [0.29, 0.717) is 22.4 Å². The highest BCUT2D eigenvalue weighted by molar-refractivity contribution is 5.94. The smallest absolute Gasteiger partial charge is 0.325 e. The third-order valence-electron chi connectivity index (χ3n) is 3.01. The van der Waals surface area contributed by atoms with Crippen LogP contribution < -0.4 is 5.32 Å². The van der Waals surface area contributed by atoms with Gasteiger partial charge in [0.05, 0.1) is 12.7 Å². The van der Waals surface area contributed by atoms with Gasteiger partial charge < -0.3 is 10.4 Å². The van der Waals surface area contributed by atoms with Gasteiger partial charge in [-0.1, -0.05) is 5.21 Å². The van der Waals surface area contributed by atoms with Crippen molar-refractivity contribution in [2.75, 3.05) is 0 Å². The van der Waals surface area contributed by atoms with Gasteiger partial charge in [-0.25, -0.2) is 9.07 Å². The van der Waals surface area contributed by atoms with Gasteiger partial charge in [0.15, 0.2) is 0 Å². The fraction of sp³-hybridized carbons (Fsp3) is 0.286. The number of nitrogens with zero attached hydrogens (tertiary/aromatic N) is 3. The van der Waals surface area contributed by atoms with Crippen LogP contribution in [0.1, 0.15) is 27.2 Å². The first-order chi connectivity index (χ1) is 10.4. The van der Waals surface area contributed by atoms with Crippen molar-refractivity contribution in [1.29, 1.82) is 0 Å². The zero-order chi connectivity index (χ0) is 16.3. The number of carbonyl (C=O) groups excluding carboxylic acids is 1. The molecule has 1 aromatic heterocycles. The highest BCUT2D eigenvalue weighted by Gasteiger charge is 2.11. The quantitative estimate of drug-likeness (QED) is 0.860. The standard InChI is InChI=1S/C14H15FN4O3/c1-8-3-10(4-9(2)13(8)15)14(22)16-5-11-6-19(18-17-11)7-12(20)21/h3-4,6H,5,7H2,1-2H3,(H,16,22)(H,20,21). The predicted octanol–water partition coefficient (Wildman–Crippen LogP) is 1.05. The minimum absolute atomic E-state index is 0.105. The van der Waals surface area contributed by atoms with Crippen LogP contribution in [0.2, 0.25) is 0 Å². The van der Waals surface area contributed by atoms with E-state index >= 15 is 0 Å². The van der Waals surface area contributed by atoms with Gasteiger partial charge in [-0.2, -0.15) is 0 Å². The van der Waals surface area contributed by atoms with Gasteiger partial charge in [0, 0.05) is 5.56 Å². The number of carboxylic acids is 1. The summed E-state index contributed by atoms with van der Waals surface area (Å²) in [6.07, 6.45) is 1.44. The fourth-order valence-electron chi connectivity index (χ4n) is 1.99. The number of hydrogen-bond donors (Lipinski definition) is 2. The molecule has 1 aromatic carbocycles. The Bertz CT molecular complexity index is 704. The molecule has 2 N–H and O–H groups in total. The molecule has 2 rings (SSSR count). The molecule has 0 fully saturated rings. The number of hydrogen-bond acceptors (Lipinski definition) is 4. The summed E-state index contributed by atoms with van der Waals surface area (Å²) in [5, 5.41) is 18.7. The maximum Gasteiger partial charge on any atom is 0.325 e. The molecule has 0 aliphatic heterocycles. The molecule has 0 aliphatic carbocycles. The second-order valence-corrected chi connectivity index (χ2v) is 4.91. The lowest BCUT2D eigenvalue weighted by Gasteiger charge is -2.07. The summed E-state index contributed by atoms with van der Waals surface area (Å²) in [7, 11) is 0. The van der Waals surface area contributed by atoms with Crippen LogP contribution in [-0.4, -0.2) is 32.0 Å². The molecule has 22 heavy (non-hydrogen) atoms. The number of nitrogens with one attached hydrogen (secondary N) is 1. The molecular weight excluding hydrogens is 291 g/mol. The zero-order valence-corrected chi connectivity index (χ0v) is 12.1. The molecule has 0 aliphatic rings. The van der Waals surface area contributed by atoms with Gasteiger partial charge in [0.2, 0.25) is 0 Å². The van der Waals surface area contributed by atoms with Crippen LogP contribution in [0.4, 0.5) is 4.39 Å². The molecule has 0 radical (unpaired) electrons. The molecule has 1 heterocycles. The summed E-state index contributed by atoms with van der Waals surface area (Å²) < 4.78 is 14.7. The van der Waals surface area contributed by atoms with Crippen molar-refractivity contribution in [2.45, 2.75) is 26.9 Å². The van der Waals surface area contributed by atoms with Gasteiger partial charge in [-0.3, -0.25) is 9.59 Å². The largest absolute Gasteiger partial charge is 0.480 e. The van der Waals surface area contributed by atoms with Gasteiger partial charge in [0.1, 0.15) is 18.1 Å². The van der Waals surface area contributed by atoms with E-state index in [2.05, 4.69) is 15.6 Å². The Kier molecular flexibility index (Phi) is 4.50. The number of carbonyl (C=O) groups is 2. The maximum absolute atomic E-state index is 13.5. The van der Waals surface area contributed by atoms with Crippen molar-refractivity contribution in [2.24, 2.45) is 0 Å². The van der Waals surface area contributed by atoms with Crippen molar-refractivity contribution in [3.05, 3.63) is 46.5 Å². The number of amides is 1. The first-order valence-electron chi connectivity index (χ1n) is 6.52. The molecule has 8 heteroatoms. The van der Waals surface area contributed by atoms with Crippen molar-refractivity contribution < 1.29 is 19.1 Å². The molecule has 1 amide bonds. The Morgan fingerprint density at radius 3 is 2.55 bits per heavy atom. The lowest BCUT2D eigenvalue weighted by Crippen LogP contribution is -2.23. The summed E-state index contributed by atoms with van der Waals surface area (Å²) in [5.41, 5.74) is 1.59. The molecular formula is C14H15FN4O3. The molecule has 7 nitrogen and oxygen atoms in total. The molecule has 0 bridgehead atoms. The second kappa shape index (κ2) is 6.33. The van der Waals surface area contributed by atoms with E-state index in [9.17, 15) is 14.0 Å². The lowest BCUT2D eigenvalue weighted by atomic mass is 10.1. The number of rotatable bonds is 5. The van der Waals surface area contributed by atoms with Crippen LogP contribution >= 0.6 is 0 Å². The summed E-state index contributed by atoms with van der Waals surface area (Å²) in [4.78, 5) is 22.6. The van der Waals surface area contributed by atoms with E-state index in [4.69, 9.17) is 5.11 Å². The van der Waals surface area contributed by atoms with E-state index in [-0.39, 0.29) is 24.8 Å². The number of halogens is 1. The van der Waals surface area contributed by atoms with Crippen molar-refractivity contribution in [1.82, 2.24) is 20.3 Å². The van der Waals surface area contributed by atoms with Gasteiger partial charge in [-0.15, -0.1) is 5.10 Å². The zero-order valence-electron chi connectivity index (χ0n) is 12.1. The van der Waals surface area contributed by atoms with E-state index in [1.807, 2.05) is 0 Å². The number of aryl methyl sites for hydroxylation is 2. The molecule has 0 saturated heterocycles. The molecule has 0 unspecified atom stereocenters. The van der Waals surface area contributed by atoms with Crippen molar-refractivity contribution in [3.63, 3.8) is 0 Å². The van der Waals surface area contributed by atoms with E-state index in [0.717, 1.165) is 4.68 Å². The van der Waals surface area contributed by atoms with Crippen molar-refractivity contribution in [3.8, 4) is 0 Å². The highest BCUT2D eigenvalue weighted by atomic mass is 19.1. The fourth-order valence-corrected chi connectivity index (χ4v) is 1.99. The number of aliphatic carboxylic acids is 1. The molecule has 2 aromatic rings. The topological polar surface area (TPSA) is 97.1 Å². The normalized spacial score (nSPS) is 10.5. The summed E-state index contributed by atoms with van der Waals surface area (Å²) in [6, 6.07) is 2.94. The first-order valence-corrected chi connectivity index (χ1v) is 6.52. The van der Waals surface area contributed by atoms with Crippen LogP contribution in [0.3, 0.4) is 0 Å². The number of benzene rings is 1. The Labute approximate surface area is 125 Å². The molecule has 0 saturated carbocycles. The second-order valence-electron chi connectivity index (χ2n) is 4.91.